The molecule has 2 aromatic carbocycles. The summed E-state index contributed by atoms with van der Waals surface area (Å²) in [5, 5.41) is 2.67. The highest BCUT2D eigenvalue weighted by Gasteiger charge is 2.20. The van der Waals surface area contributed by atoms with Crippen LogP contribution in [0.4, 0.5) is 0 Å². The van der Waals surface area contributed by atoms with Gasteiger partial charge in [-0.2, -0.15) is 0 Å². The third-order valence-corrected chi connectivity index (χ3v) is 3.13. The molecule has 72 valence electrons. The van der Waals surface area contributed by atoms with E-state index in [1.54, 1.807) is 0 Å². The fourth-order valence-corrected chi connectivity index (χ4v) is 2.45. The summed E-state index contributed by atoms with van der Waals surface area (Å²) in [6, 6.07) is 12.9. The van der Waals surface area contributed by atoms with E-state index >= 15 is 0 Å². The Kier molecular flexibility index (Phi) is 1.60. The molecule has 0 heterocycles. The van der Waals surface area contributed by atoms with Crippen LogP contribution in [0.5, 0.6) is 0 Å². The lowest BCUT2D eigenvalue weighted by molar-refractivity contribution is 1.70. The zero-order chi connectivity index (χ0) is 10.4. The number of hydrogen-bond acceptors (Lipinski definition) is 0. The fourth-order valence-electron chi connectivity index (χ4n) is 2.45. The molecule has 0 fully saturated rings. The van der Waals surface area contributed by atoms with Crippen molar-refractivity contribution in [1.29, 1.82) is 0 Å². The first-order valence-corrected chi connectivity index (χ1v) is 5.21. The molecular formula is C15H12. The minimum atomic E-state index is 1.16. The number of rotatable bonds is 0. The average Bonchev–Trinajstić information content (AvgIpc) is 2.55. The van der Waals surface area contributed by atoms with Crippen LogP contribution in [-0.4, -0.2) is 0 Å². The largest absolute Gasteiger partial charge is 0.0905 e. The van der Waals surface area contributed by atoms with Gasteiger partial charge in [-0.15, -0.1) is 0 Å². The molecule has 1 aliphatic carbocycles. The SMILES string of the molecule is C=C1/C(=C/C)c2cccc3cccc1c23. The molecule has 1 aliphatic rings. The molecule has 0 saturated heterocycles. The maximum atomic E-state index is 4.18. The summed E-state index contributed by atoms with van der Waals surface area (Å²) in [5.41, 5.74) is 5.05. The van der Waals surface area contributed by atoms with Gasteiger partial charge in [-0.25, -0.2) is 0 Å². The lowest BCUT2D eigenvalue weighted by Gasteiger charge is -1.99. The van der Waals surface area contributed by atoms with Gasteiger partial charge in [-0.05, 0) is 40.0 Å². The van der Waals surface area contributed by atoms with Gasteiger partial charge < -0.3 is 0 Å². The third kappa shape index (κ3) is 0.964. The summed E-state index contributed by atoms with van der Waals surface area (Å²) in [5.74, 6) is 0. The number of allylic oxidation sites excluding steroid dienone is 3. The zero-order valence-corrected chi connectivity index (χ0v) is 8.75. The summed E-state index contributed by atoms with van der Waals surface area (Å²) in [4.78, 5) is 0. The van der Waals surface area contributed by atoms with Crippen LogP contribution in [0.25, 0.3) is 21.9 Å². The third-order valence-electron chi connectivity index (χ3n) is 3.13. The molecule has 0 spiro atoms. The first-order valence-electron chi connectivity index (χ1n) is 5.21. The maximum Gasteiger partial charge on any atom is -0.00267 e. The van der Waals surface area contributed by atoms with Crippen molar-refractivity contribution in [2.24, 2.45) is 0 Å². The van der Waals surface area contributed by atoms with Gasteiger partial charge in [0.25, 0.3) is 0 Å². The molecule has 15 heavy (non-hydrogen) atoms. The number of hydrogen-bond donors (Lipinski definition) is 0. The van der Waals surface area contributed by atoms with Crippen molar-refractivity contribution in [2.75, 3.05) is 0 Å². The van der Waals surface area contributed by atoms with E-state index in [9.17, 15) is 0 Å². The molecule has 0 saturated carbocycles. The van der Waals surface area contributed by atoms with Crippen molar-refractivity contribution in [3.63, 3.8) is 0 Å². The molecule has 0 heteroatoms. The van der Waals surface area contributed by atoms with Crippen molar-refractivity contribution in [3.8, 4) is 0 Å². The molecule has 0 amide bonds. The van der Waals surface area contributed by atoms with E-state index in [0.717, 1.165) is 5.57 Å². The van der Waals surface area contributed by atoms with Gasteiger partial charge in [0.2, 0.25) is 0 Å². The van der Waals surface area contributed by atoms with Crippen LogP contribution in [0.3, 0.4) is 0 Å². The molecule has 3 rings (SSSR count). The fraction of sp³-hybridized carbons (Fsp3) is 0.0667. The Morgan fingerprint density at radius 2 is 1.67 bits per heavy atom. The van der Waals surface area contributed by atoms with E-state index < -0.39 is 0 Å². The van der Waals surface area contributed by atoms with E-state index in [4.69, 9.17) is 0 Å². The Balaban J connectivity index is 2.56. The second-order valence-corrected chi connectivity index (χ2v) is 3.89. The summed E-state index contributed by atoms with van der Waals surface area (Å²) in [7, 11) is 0. The maximum absolute atomic E-state index is 4.18. The summed E-state index contributed by atoms with van der Waals surface area (Å²) >= 11 is 0. The Labute approximate surface area is 89.6 Å². The smallest absolute Gasteiger partial charge is 0.00267 e. The first kappa shape index (κ1) is 8.49. The summed E-state index contributed by atoms with van der Waals surface area (Å²) in [6.07, 6.45) is 2.15. The van der Waals surface area contributed by atoms with Gasteiger partial charge in [0.1, 0.15) is 0 Å². The second kappa shape index (κ2) is 2.83. The highest BCUT2D eigenvalue weighted by molar-refractivity contribution is 6.21. The lowest BCUT2D eigenvalue weighted by atomic mass is 10.0. The van der Waals surface area contributed by atoms with Crippen LogP contribution in [0, 0.1) is 0 Å². The van der Waals surface area contributed by atoms with Gasteiger partial charge in [0.15, 0.2) is 0 Å². The van der Waals surface area contributed by atoms with E-state index in [1.165, 1.54) is 27.5 Å². The Morgan fingerprint density at radius 1 is 1.00 bits per heavy atom. The minimum absolute atomic E-state index is 1.16. The molecule has 0 nitrogen and oxygen atoms in total. The average molecular weight is 192 g/mol. The molecule has 0 N–H and O–H groups in total. The van der Waals surface area contributed by atoms with E-state index in [-0.39, 0.29) is 0 Å². The highest BCUT2D eigenvalue weighted by atomic mass is 14.2. The van der Waals surface area contributed by atoms with Crippen LogP contribution >= 0.6 is 0 Å². The molecule has 0 unspecified atom stereocenters. The molecule has 0 atom stereocenters. The normalized spacial score (nSPS) is 16.6. The molecule has 0 radical (unpaired) electrons. The molecule has 0 aromatic heterocycles. The van der Waals surface area contributed by atoms with Crippen LogP contribution in [-0.2, 0) is 0 Å². The van der Waals surface area contributed by atoms with Crippen LogP contribution in [0.2, 0.25) is 0 Å². The van der Waals surface area contributed by atoms with Crippen LogP contribution in [0.1, 0.15) is 18.1 Å². The van der Waals surface area contributed by atoms with Gasteiger partial charge in [0.05, 0.1) is 0 Å². The van der Waals surface area contributed by atoms with E-state index in [2.05, 4.69) is 56.0 Å². The molecule has 0 aliphatic heterocycles. The zero-order valence-electron chi connectivity index (χ0n) is 8.75. The second-order valence-electron chi connectivity index (χ2n) is 3.89. The topological polar surface area (TPSA) is 0 Å². The van der Waals surface area contributed by atoms with E-state index in [0.29, 0.717) is 0 Å². The summed E-state index contributed by atoms with van der Waals surface area (Å²) < 4.78 is 0. The molecular weight excluding hydrogens is 180 g/mol. The predicted octanol–water partition coefficient (Wildman–Crippen LogP) is 4.27. The molecule has 0 bridgehead atoms. The highest BCUT2D eigenvalue weighted by Crippen LogP contribution is 2.44. The van der Waals surface area contributed by atoms with Crippen molar-refractivity contribution in [1.82, 2.24) is 0 Å². The van der Waals surface area contributed by atoms with Crippen molar-refractivity contribution in [3.05, 3.63) is 60.2 Å². The minimum Gasteiger partial charge on any atom is -0.0905 e. The van der Waals surface area contributed by atoms with Gasteiger partial charge in [-0.1, -0.05) is 49.1 Å². The van der Waals surface area contributed by atoms with Gasteiger partial charge in [-0.3, -0.25) is 0 Å². The van der Waals surface area contributed by atoms with Gasteiger partial charge in [0, 0.05) is 0 Å². The van der Waals surface area contributed by atoms with Crippen LogP contribution in [0.15, 0.2) is 49.1 Å². The number of benzene rings is 2. The monoisotopic (exact) mass is 192 g/mol. The van der Waals surface area contributed by atoms with Crippen molar-refractivity contribution >= 4 is 21.9 Å². The van der Waals surface area contributed by atoms with Crippen molar-refractivity contribution < 1.29 is 0 Å². The molecule has 2 aromatic rings. The van der Waals surface area contributed by atoms with Crippen LogP contribution < -0.4 is 0 Å². The Hall–Kier alpha value is -1.82. The van der Waals surface area contributed by atoms with Crippen molar-refractivity contribution in [2.45, 2.75) is 6.92 Å². The summed E-state index contributed by atoms with van der Waals surface area (Å²) in [6.45, 7) is 6.25. The Bertz CT molecular complexity index is 595. The van der Waals surface area contributed by atoms with Gasteiger partial charge >= 0.3 is 0 Å². The predicted molar refractivity (Wildman–Crippen MR) is 66.6 cm³/mol. The Morgan fingerprint density at radius 3 is 2.33 bits per heavy atom. The quantitative estimate of drug-likeness (QED) is 0.584. The van der Waals surface area contributed by atoms with E-state index in [1.807, 2.05) is 0 Å². The first-order chi connectivity index (χ1) is 7.33. The standard InChI is InChI=1S/C15H12/c1-3-12-10(2)13-8-4-6-11-7-5-9-14(12)15(11)13/h3-9H,2H2,1H3/b12-3-. The lowest BCUT2D eigenvalue weighted by Crippen LogP contribution is -1.76.